The zero-order valence-electron chi connectivity index (χ0n) is 12.2. The van der Waals surface area contributed by atoms with E-state index in [-0.39, 0.29) is 23.3 Å². The first-order valence-electron chi connectivity index (χ1n) is 6.40. The molecule has 1 amide bonds. The lowest BCUT2D eigenvalue weighted by atomic mass is 10.1. The Morgan fingerprint density at radius 1 is 1.39 bits per heavy atom. The highest BCUT2D eigenvalue weighted by molar-refractivity contribution is 6.79. The Hall–Kier alpha value is -1.03. The first kappa shape index (κ1) is 15.0. The van der Waals surface area contributed by atoms with E-state index in [4.69, 9.17) is 4.74 Å². The lowest BCUT2D eigenvalue weighted by Crippen LogP contribution is -2.58. The van der Waals surface area contributed by atoms with Gasteiger partial charge >= 0.3 is 6.09 Å². The zero-order chi connectivity index (χ0) is 14.1. The number of carbonyl (C=O) groups is 1. The Balaban J connectivity index is 3.11. The molecule has 0 N–H and O–H groups in total. The fourth-order valence-electron chi connectivity index (χ4n) is 2.12. The Morgan fingerprint density at radius 3 is 2.33 bits per heavy atom. The van der Waals surface area contributed by atoms with Crippen molar-refractivity contribution in [1.29, 1.82) is 0 Å². The van der Waals surface area contributed by atoms with Gasteiger partial charge in [0.25, 0.3) is 0 Å². The third kappa shape index (κ3) is 2.39. The highest BCUT2D eigenvalue weighted by atomic mass is 28.3. The van der Waals surface area contributed by atoms with Crippen molar-refractivity contribution in [3.63, 3.8) is 0 Å². The molecule has 1 heterocycles. The van der Waals surface area contributed by atoms with Gasteiger partial charge in [0.1, 0.15) is 6.10 Å². The normalized spacial score (nSPS) is 24.9. The van der Waals surface area contributed by atoms with E-state index in [1.54, 1.807) is 6.08 Å². The van der Waals surface area contributed by atoms with Crippen molar-refractivity contribution in [3.8, 4) is 0 Å². The highest BCUT2D eigenvalue weighted by Gasteiger charge is 2.52. The molecular weight excluding hydrogens is 242 g/mol. The van der Waals surface area contributed by atoms with Crippen LogP contribution in [0.3, 0.4) is 0 Å². The lowest BCUT2D eigenvalue weighted by Gasteiger charge is -2.44. The Kier molecular flexibility index (Phi) is 4.11. The van der Waals surface area contributed by atoms with Gasteiger partial charge in [-0.3, -0.25) is 0 Å². The molecule has 0 spiro atoms. The van der Waals surface area contributed by atoms with Crippen LogP contribution in [-0.2, 0) is 4.74 Å². The van der Waals surface area contributed by atoms with Crippen LogP contribution in [0.1, 0.15) is 27.2 Å². The fourth-order valence-corrected chi connectivity index (χ4v) is 4.36. The second kappa shape index (κ2) is 4.92. The molecule has 1 aliphatic rings. The molecule has 18 heavy (non-hydrogen) atoms. The minimum atomic E-state index is -1.94. The molecule has 0 unspecified atom stereocenters. The van der Waals surface area contributed by atoms with Gasteiger partial charge < -0.3 is 9.30 Å². The van der Waals surface area contributed by atoms with Gasteiger partial charge in [0.15, 0.2) is 8.24 Å². The van der Waals surface area contributed by atoms with E-state index < -0.39 is 8.24 Å². The molecule has 1 aliphatic heterocycles. The van der Waals surface area contributed by atoms with Gasteiger partial charge in [-0.05, 0) is 5.04 Å². The molecule has 0 aromatic heterocycles. The van der Waals surface area contributed by atoms with E-state index in [1.165, 1.54) is 0 Å². The SMILES string of the molecule is C=CC[C@@H]1OC(=O)N([Si](C)(C)C(C)(C)C)[C@H]1C=C. The summed E-state index contributed by atoms with van der Waals surface area (Å²) in [5, 5.41) is 0.0936. The molecule has 0 aromatic rings. The average molecular weight is 267 g/mol. The lowest BCUT2D eigenvalue weighted by molar-refractivity contribution is 0.135. The van der Waals surface area contributed by atoms with Crippen molar-refractivity contribution in [3.05, 3.63) is 25.3 Å². The summed E-state index contributed by atoms with van der Waals surface area (Å²) in [7, 11) is -1.94. The summed E-state index contributed by atoms with van der Waals surface area (Å²) in [6, 6.07) is -0.0311. The number of nitrogens with zero attached hydrogens (tertiary/aromatic N) is 1. The Morgan fingerprint density at radius 2 is 1.94 bits per heavy atom. The highest BCUT2D eigenvalue weighted by Crippen LogP contribution is 2.42. The van der Waals surface area contributed by atoms with Crippen LogP contribution in [0.5, 0.6) is 0 Å². The van der Waals surface area contributed by atoms with Crippen molar-refractivity contribution in [2.24, 2.45) is 0 Å². The third-order valence-corrected chi connectivity index (χ3v) is 9.56. The van der Waals surface area contributed by atoms with E-state index in [2.05, 4.69) is 47.0 Å². The molecule has 0 radical (unpaired) electrons. The number of carbonyl (C=O) groups excluding carboxylic acids is 1. The van der Waals surface area contributed by atoms with Crippen molar-refractivity contribution in [2.75, 3.05) is 0 Å². The summed E-state index contributed by atoms with van der Waals surface area (Å²) in [5.74, 6) is 0. The molecule has 4 heteroatoms. The van der Waals surface area contributed by atoms with Crippen LogP contribution in [0.25, 0.3) is 0 Å². The van der Waals surface area contributed by atoms with Crippen LogP contribution < -0.4 is 0 Å². The van der Waals surface area contributed by atoms with E-state index in [9.17, 15) is 4.79 Å². The molecule has 1 rings (SSSR count). The van der Waals surface area contributed by atoms with Gasteiger partial charge in [-0.25, -0.2) is 4.79 Å². The van der Waals surface area contributed by atoms with Gasteiger partial charge in [0, 0.05) is 6.42 Å². The van der Waals surface area contributed by atoms with Crippen LogP contribution in [0.15, 0.2) is 25.3 Å². The monoisotopic (exact) mass is 267 g/mol. The number of hydrogen-bond donors (Lipinski definition) is 0. The standard InChI is InChI=1S/C14H25NO2Si/c1-8-10-12-11(9-2)15(13(16)17-12)18(6,7)14(3,4)5/h8-9,11-12H,1-2,10H2,3-7H3/t11-,12-/m0/s1. The molecule has 0 saturated carbocycles. The first-order chi connectivity index (χ1) is 8.16. The van der Waals surface area contributed by atoms with Gasteiger partial charge in [0.2, 0.25) is 0 Å². The van der Waals surface area contributed by atoms with Gasteiger partial charge in [0.05, 0.1) is 6.04 Å². The third-order valence-electron chi connectivity index (χ3n) is 4.21. The van der Waals surface area contributed by atoms with Crippen LogP contribution in [0.2, 0.25) is 18.1 Å². The Bertz CT molecular complexity index is 357. The second-order valence-corrected chi connectivity index (χ2v) is 11.5. The molecule has 2 atom stereocenters. The van der Waals surface area contributed by atoms with Crippen molar-refractivity contribution in [1.82, 2.24) is 4.57 Å². The largest absolute Gasteiger partial charge is 0.444 e. The van der Waals surface area contributed by atoms with E-state index in [0.29, 0.717) is 6.42 Å². The molecule has 0 bridgehead atoms. The zero-order valence-corrected chi connectivity index (χ0v) is 13.2. The summed E-state index contributed by atoms with van der Waals surface area (Å²) in [6.45, 7) is 18.6. The second-order valence-electron chi connectivity index (χ2n) is 6.35. The summed E-state index contributed by atoms with van der Waals surface area (Å²) in [6.07, 6.45) is 3.97. The van der Waals surface area contributed by atoms with Crippen molar-refractivity contribution < 1.29 is 9.53 Å². The number of ether oxygens (including phenoxy) is 1. The van der Waals surface area contributed by atoms with Gasteiger partial charge in [-0.2, -0.15) is 0 Å². The number of cyclic esters (lactones) is 1. The summed E-state index contributed by atoms with van der Waals surface area (Å²) >= 11 is 0. The maximum absolute atomic E-state index is 12.2. The van der Waals surface area contributed by atoms with Crippen LogP contribution in [-0.4, -0.2) is 31.0 Å². The average Bonchev–Trinajstić information content (AvgIpc) is 2.53. The van der Waals surface area contributed by atoms with E-state index >= 15 is 0 Å². The molecule has 0 aliphatic carbocycles. The molecule has 1 saturated heterocycles. The molecular formula is C14H25NO2Si. The summed E-state index contributed by atoms with van der Waals surface area (Å²) in [5.41, 5.74) is 0. The van der Waals surface area contributed by atoms with Gasteiger partial charge in [-0.15, -0.1) is 13.2 Å². The molecule has 1 fully saturated rings. The number of rotatable bonds is 4. The van der Waals surface area contributed by atoms with Crippen LogP contribution >= 0.6 is 0 Å². The smallest absolute Gasteiger partial charge is 0.402 e. The molecule has 3 nitrogen and oxygen atoms in total. The van der Waals surface area contributed by atoms with E-state index in [0.717, 1.165) is 0 Å². The predicted octanol–water partition coefficient (Wildman–Crippen LogP) is 3.94. The van der Waals surface area contributed by atoms with Crippen molar-refractivity contribution >= 4 is 14.3 Å². The molecule has 0 aromatic carbocycles. The topological polar surface area (TPSA) is 29.5 Å². The van der Waals surface area contributed by atoms with Crippen LogP contribution in [0, 0.1) is 0 Å². The van der Waals surface area contributed by atoms with Gasteiger partial charge in [-0.1, -0.05) is 46.0 Å². The maximum Gasteiger partial charge on any atom is 0.402 e. The quantitative estimate of drug-likeness (QED) is 0.570. The summed E-state index contributed by atoms with van der Waals surface area (Å²) in [4.78, 5) is 12.2. The first-order valence-corrected chi connectivity index (χ1v) is 9.35. The molecule has 102 valence electrons. The summed E-state index contributed by atoms with van der Waals surface area (Å²) < 4.78 is 7.43. The van der Waals surface area contributed by atoms with E-state index in [1.807, 2.05) is 10.6 Å². The number of hydrogen-bond acceptors (Lipinski definition) is 2. The minimum absolute atomic E-state index is 0.0311. The van der Waals surface area contributed by atoms with Crippen LogP contribution in [0.4, 0.5) is 4.79 Å². The van der Waals surface area contributed by atoms with Crippen molar-refractivity contribution in [2.45, 2.75) is 57.5 Å². The number of amides is 1. The minimum Gasteiger partial charge on any atom is -0.444 e. The Labute approximate surface area is 112 Å². The maximum atomic E-state index is 12.2. The fraction of sp³-hybridized carbons (Fsp3) is 0.643. The predicted molar refractivity (Wildman–Crippen MR) is 78.1 cm³/mol.